The molecule has 0 aromatic heterocycles. The molecule has 66 valence electrons. The molecule has 0 rings (SSSR count). The standard InChI is InChI=1S/C11H22/c1-4-5-6-7-8-9-10-11(2)3/h8-9,11H,4-7,10H2,1-3H3/b9-8-. The summed E-state index contributed by atoms with van der Waals surface area (Å²) in [4.78, 5) is 0. The molecule has 0 unspecified atom stereocenters. The van der Waals surface area contributed by atoms with E-state index in [-0.39, 0.29) is 0 Å². The van der Waals surface area contributed by atoms with Gasteiger partial charge < -0.3 is 0 Å². The highest BCUT2D eigenvalue weighted by Crippen LogP contribution is 2.03. The van der Waals surface area contributed by atoms with Crippen molar-refractivity contribution in [3.63, 3.8) is 0 Å². The van der Waals surface area contributed by atoms with Gasteiger partial charge in [0.15, 0.2) is 0 Å². The van der Waals surface area contributed by atoms with E-state index in [4.69, 9.17) is 0 Å². The topological polar surface area (TPSA) is 0 Å². The third-order valence-corrected chi connectivity index (χ3v) is 1.75. The first-order chi connectivity index (χ1) is 5.27. The molecule has 0 heterocycles. The highest BCUT2D eigenvalue weighted by Gasteiger charge is 1.86. The van der Waals surface area contributed by atoms with Crippen LogP contribution in [0.25, 0.3) is 0 Å². The molecular formula is C11H22. The van der Waals surface area contributed by atoms with Gasteiger partial charge in [-0.25, -0.2) is 0 Å². The van der Waals surface area contributed by atoms with Crippen molar-refractivity contribution < 1.29 is 0 Å². The van der Waals surface area contributed by atoms with Crippen molar-refractivity contribution >= 4 is 0 Å². The molecule has 0 aliphatic rings. The molecule has 0 aromatic rings. The highest BCUT2D eigenvalue weighted by atomic mass is 13.9. The first-order valence-electron chi connectivity index (χ1n) is 4.92. The van der Waals surface area contributed by atoms with Gasteiger partial charge in [0.1, 0.15) is 0 Å². The van der Waals surface area contributed by atoms with Gasteiger partial charge in [-0.05, 0) is 25.2 Å². The minimum Gasteiger partial charge on any atom is -0.0885 e. The van der Waals surface area contributed by atoms with Gasteiger partial charge in [0, 0.05) is 0 Å². The maximum atomic E-state index is 2.33. The van der Waals surface area contributed by atoms with E-state index in [0.717, 1.165) is 5.92 Å². The van der Waals surface area contributed by atoms with E-state index in [1.165, 1.54) is 32.1 Å². The molecule has 0 bridgehead atoms. The van der Waals surface area contributed by atoms with E-state index in [1.807, 2.05) is 0 Å². The van der Waals surface area contributed by atoms with Gasteiger partial charge in [0.25, 0.3) is 0 Å². The van der Waals surface area contributed by atoms with Crippen LogP contribution in [-0.2, 0) is 0 Å². The first-order valence-corrected chi connectivity index (χ1v) is 4.92. The van der Waals surface area contributed by atoms with Crippen LogP contribution in [0.4, 0.5) is 0 Å². The van der Waals surface area contributed by atoms with Crippen LogP contribution < -0.4 is 0 Å². The molecule has 0 fully saturated rings. The monoisotopic (exact) mass is 154 g/mol. The van der Waals surface area contributed by atoms with Gasteiger partial charge in [-0.2, -0.15) is 0 Å². The average molecular weight is 154 g/mol. The Morgan fingerprint density at radius 2 is 1.82 bits per heavy atom. The van der Waals surface area contributed by atoms with Crippen molar-refractivity contribution in [3.05, 3.63) is 12.2 Å². The Morgan fingerprint density at radius 3 is 2.36 bits per heavy atom. The van der Waals surface area contributed by atoms with Gasteiger partial charge in [0.2, 0.25) is 0 Å². The molecule has 0 aromatic carbocycles. The average Bonchev–Trinajstić information content (AvgIpc) is 1.96. The Labute approximate surface area is 71.7 Å². The predicted octanol–water partition coefficient (Wildman–Crippen LogP) is 4.17. The van der Waals surface area contributed by atoms with Gasteiger partial charge in [-0.3, -0.25) is 0 Å². The van der Waals surface area contributed by atoms with E-state index in [2.05, 4.69) is 32.9 Å². The molecule has 0 saturated carbocycles. The van der Waals surface area contributed by atoms with Crippen LogP contribution >= 0.6 is 0 Å². The second-order valence-electron chi connectivity index (χ2n) is 3.60. The zero-order valence-corrected chi connectivity index (χ0v) is 8.27. The summed E-state index contributed by atoms with van der Waals surface area (Å²) in [6.07, 6.45) is 11.2. The number of hydrogen-bond donors (Lipinski definition) is 0. The Hall–Kier alpha value is -0.260. The molecule has 0 spiro atoms. The highest BCUT2D eigenvalue weighted by molar-refractivity contribution is 4.82. The lowest BCUT2D eigenvalue weighted by atomic mass is 10.1. The Balaban J connectivity index is 3.03. The van der Waals surface area contributed by atoms with Crippen molar-refractivity contribution in [1.82, 2.24) is 0 Å². The van der Waals surface area contributed by atoms with Crippen LogP contribution in [0.5, 0.6) is 0 Å². The van der Waals surface area contributed by atoms with Crippen LogP contribution in [-0.4, -0.2) is 0 Å². The first kappa shape index (κ1) is 10.7. The SMILES string of the molecule is CCCCC/C=C\CC(C)C. The van der Waals surface area contributed by atoms with Gasteiger partial charge in [0.05, 0.1) is 0 Å². The van der Waals surface area contributed by atoms with Crippen LogP contribution in [0.3, 0.4) is 0 Å². The fraction of sp³-hybridized carbons (Fsp3) is 0.818. The zero-order chi connectivity index (χ0) is 8.53. The largest absolute Gasteiger partial charge is 0.0885 e. The van der Waals surface area contributed by atoms with E-state index in [1.54, 1.807) is 0 Å². The van der Waals surface area contributed by atoms with Crippen molar-refractivity contribution in [2.75, 3.05) is 0 Å². The fourth-order valence-corrected chi connectivity index (χ4v) is 0.998. The summed E-state index contributed by atoms with van der Waals surface area (Å²) in [6, 6.07) is 0. The van der Waals surface area contributed by atoms with Gasteiger partial charge in [-0.1, -0.05) is 45.8 Å². The van der Waals surface area contributed by atoms with Crippen LogP contribution in [0.15, 0.2) is 12.2 Å². The van der Waals surface area contributed by atoms with Crippen molar-refractivity contribution in [2.45, 2.75) is 52.9 Å². The number of rotatable bonds is 6. The Kier molecular flexibility index (Phi) is 7.66. The van der Waals surface area contributed by atoms with E-state index >= 15 is 0 Å². The number of hydrogen-bond acceptors (Lipinski definition) is 0. The molecule has 0 heteroatoms. The molecule has 0 nitrogen and oxygen atoms in total. The summed E-state index contributed by atoms with van der Waals surface area (Å²) in [6.45, 7) is 6.77. The maximum absolute atomic E-state index is 2.33. The maximum Gasteiger partial charge on any atom is -0.0327 e. The van der Waals surface area contributed by atoms with Crippen molar-refractivity contribution in [3.8, 4) is 0 Å². The van der Waals surface area contributed by atoms with Crippen LogP contribution in [0.2, 0.25) is 0 Å². The molecule has 11 heavy (non-hydrogen) atoms. The summed E-state index contributed by atoms with van der Waals surface area (Å²) in [7, 11) is 0. The molecule has 0 atom stereocenters. The molecular weight excluding hydrogens is 132 g/mol. The Morgan fingerprint density at radius 1 is 1.09 bits per heavy atom. The molecule has 0 amide bonds. The molecule has 0 N–H and O–H groups in total. The summed E-state index contributed by atoms with van der Waals surface area (Å²) in [5.74, 6) is 0.817. The van der Waals surface area contributed by atoms with E-state index in [0.29, 0.717) is 0 Å². The summed E-state index contributed by atoms with van der Waals surface area (Å²) < 4.78 is 0. The lowest BCUT2D eigenvalue weighted by molar-refractivity contribution is 0.659. The van der Waals surface area contributed by atoms with Crippen LogP contribution in [0, 0.1) is 5.92 Å². The fourth-order valence-electron chi connectivity index (χ4n) is 0.998. The second-order valence-corrected chi connectivity index (χ2v) is 3.60. The Bertz CT molecular complexity index is 90.2. The molecule has 0 aliphatic heterocycles. The second kappa shape index (κ2) is 7.84. The minimum atomic E-state index is 0.817. The number of unbranched alkanes of at least 4 members (excludes halogenated alkanes) is 3. The van der Waals surface area contributed by atoms with Gasteiger partial charge in [-0.15, -0.1) is 0 Å². The predicted molar refractivity (Wildman–Crippen MR) is 52.7 cm³/mol. The van der Waals surface area contributed by atoms with Crippen molar-refractivity contribution in [2.24, 2.45) is 5.92 Å². The van der Waals surface area contributed by atoms with Gasteiger partial charge >= 0.3 is 0 Å². The van der Waals surface area contributed by atoms with E-state index < -0.39 is 0 Å². The third kappa shape index (κ3) is 9.74. The summed E-state index contributed by atoms with van der Waals surface area (Å²) in [5, 5.41) is 0. The number of allylic oxidation sites excluding steroid dienone is 2. The van der Waals surface area contributed by atoms with Crippen LogP contribution in [0.1, 0.15) is 52.9 Å². The molecule has 0 radical (unpaired) electrons. The lowest BCUT2D eigenvalue weighted by Crippen LogP contribution is -1.81. The van der Waals surface area contributed by atoms with Crippen molar-refractivity contribution in [1.29, 1.82) is 0 Å². The third-order valence-electron chi connectivity index (χ3n) is 1.75. The lowest BCUT2D eigenvalue weighted by Gasteiger charge is -1.96. The smallest absolute Gasteiger partial charge is 0.0327 e. The molecule has 0 aliphatic carbocycles. The minimum absolute atomic E-state index is 0.817. The summed E-state index contributed by atoms with van der Waals surface area (Å²) in [5.41, 5.74) is 0. The van der Waals surface area contributed by atoms with E-state index in [9.17, 15) is 0 Å². The molecule has 0 saturated heterocycles. The summed E-state index contributed by atoms with van der Waals surface area (Å²) >= 11 is 0. The quantitative estimate of drug-likeness (QED) is 0.398. The normalized spacial score (nSPS) is 11.6. The zero-order valence-electron chi connectivity index (χ0n) is 8.27.